The Morgan fingerprint density at radius 2 is 1.86 bits per heavy atom. The number of nitrogens with one attached hydrogen (secondary N) is 1. The normalized spacial score (nSPS) is 21.2. The Labute approximate surface area is 205 Å². The number of hydrogen-bond acceptors (Lipinski definition) is 7. The number of carbonyl (C=O) groups is 1. The summed E-state index contributed by atoms with van der Waals surface area (Å²) in [5.41, 5.74) is -1.17. The van der Waals surface area contributed by atoms with Crippen LogP contribution in [-0.2, 0) is 21.7 Å². The van der Waals surface area contributed by atoms with Crippen molar-refractivity contribution < 1.29 is 26.4 Å². The molecule has 0 unspecified atom stereocenters. The minimum atomic E-state index is -4.66. The van der Waals surface area contributed by atoms with Crippen molar-refractivity contribution in [1.29, 1.82) is 0 Å². The Kier molecular flexibility index (Phi) is 5.87. The minimum absolute atomic E-state index is 0.0541. The Bertz CT molecular complexity index is 1260. The summed E-state index contributed by atoms with van der Waals surface area (Å²) >= 11 is 1.21. The fourth-order valence-electron chi connectivity index (χ4n) is 5.42. The molecule has 2 aromatic heterocycles. The number of nitrogens with zero attached hydrogens (tertiary/aromatic N) is 4. The first-order chi connectivity index (χ1) is 16.4. The lowest BCUT2D eigenvalue weighted by atomic mass is 9.96. The van der Waals surface area contributed by atoms with Crippen molar-refractivity contribution >= 4 is 33.2 Å². The zero-order valence-corrected chi connectivity index (χ0v) is 21.0. The van der Waals surface area contributed by atoms with Gasteiger partial charge in [0.05, 0.1) is 27.9 Å². The Hall–Kier alpha value is -2.25. The van der Waals surface area contributed by atoms with Gasteiger partial charge in [-0.1, -0.05) is 12.8 Å². The molecule has 2 aliphatic heterocycles. The standard InChI is InChI=1S/C22H26F3N5O3S2/c1-29-19(31)14-11-16(34-18(14)21(29)7-3-4-8-21)17-15(22(23,24)25)12-26-20(28-17)27-13-5-9-30(10-6-13)35(2,32)33/h11-13H,3-10H2,1-2H3,(H,26,27,28). The van der Waals surface area contributed by atoms with Crippen molar-refractivity contribution in [2.75, 3.05) is 31.7 Å². The number of piperidine rings is 1. The van der Waals surface area contributed by atoms with Crippen LogP contribution in [0.15, 0.2) is 12.3 Å². The second-order valence-corrected chi connectivity index (χ2v) is 12.5. The van der Waals surface area contributed by atoms with E-state index in [1.54, 1.807) is 11.9 Å². The summed E-state index contributed by atoms with van der Waals surface area (Å²) < 4.78 is 66.5. The highest BCUT2D eigenvalue weighted by Gasteiger charge is 2.51. The van der Waals surface area contributed by atoms with Crippen LogP contribution in [0.25, 0.3) is 10.6 Å². The van der Waals surface area contributed by atoms with Crippen LogP contribution >= 0.6 is 11.3 Å². The van der Waals surface area contributed by atoms with Gasteiger partial charge in [0.15, 0.2) is 0 Å². The number of aromatic nitrogens is 2. The summed E-state index contributed by atoms with van der Waals surface area (Å²) in [6.45, 7) is 0.638. The summed E-state index contributed by atoms with van der Waals surface area (Å²) in [5.74, 6) is -0.110. The van der Waals surface area contributed by atoms with E-state index in [0.717, 1.165) is 43.0 Å². The topological polar surface area (TPSA) is 95.5 Å². The maximum atomic E-state index is 13.9. The van der Waals surface area contributed by atoms with Crippen molar-refractivity contribution in [2.24, 2.45) is 0 Å². The average molecular weight is 530 g/mol. The Morgan fingerprint density at radius 3 is 2.46 bits per heavy atom. The number of sulfonamides is 1. The quantitative estimate of drug-likeness (QED) is 0.645. The molecule has 0 atom stereocenters. The number of anilines is 1. The molecule has 35 heavy (non-hydrogen) atoms. The van der Waals surface area contributed by atoms with Crippen molar-refractivity contribution in [2.45, 2.75) is 56.3 Å². The summed E-state index contributed by atoms with van der Waals surface area (Å²) in [7, 11) is -1.52. The highest BCUT2D eigenvalue weighted by Crippen LogP contribution is 2.54. The molecule has 1 saturated carbocycles. The van der Waals surface area contributed by atoms with Gasteiger partial charge in [0.1, 0.15) is 5.56 Å². The number of halogens is 3. The predicted octanol–water partition coefficient (Wildman–Crippen LogP) is 3.91. The first kappa shape index (κ1) is 24.4. The molecular weight excluding hydrogens is 503 g/mol. The third-order valence-corrected chi connectivity index (χ3v) is 9.98. The van der Waals surface area contributed by atoms with Crippen LogP contribution < -0.4 is 5.32 Å². The third-order valence-electron chi connectivity index (χ3n) is 7.35. The minimum Gasteiger partial charge on any atom is -0.351 e. The lowest BCUT2D eigenvalue weighted by Crippen LogP contribution is -2.42. The van der Waals surface area contributed by atoms with Gasteiger partial charge in [-0.2, -0.15) is 13.2 Å². The molecule has 3 aliphatic rings. The molecule has 1 N–H and O–H groups in total. The SMILES string of the molecule is CN1C(=O)c2cc(-c3nc(NC4CCN(S(C)(=O)=O)CC4)ncc3C(F)(F)F)sc2C12CCCC2. The number of thiophene rings is 1. The van der Waals surface area contributed by atoms with E-state index in [2.05, 4.69) is 15.3 Å². The molecule has 0 bridgehead atoms. The number of alkyl halides is 3. The molecule has 0 radical (unpaired) electrons. The van der Waals surface area contributed by atoms with Gasteiger partial charge in [-0.15, -0.1) is 11.3 Å². The number of amides is 1. The molecule has 1 saturated heterocycles. The van der Waals surface area contributed by atoms with Gasteiger partial charge in [-0.05, 0) is 31.7 Å². The van der Waals surface area contributed by atoms with Gasteiger partial charge in [0, 0.05) is 37.3 Å². The highest BCUT2D eigenvalue weighted by molar-refractivity contribution is 7.88. The van der Waals surface area contributed by atoms with Gasteiger partial charge >= 0.3 is 6.18 Å². The van der Waals surface area contributed by atoms with Gasteiger partial charge in [-0.3, -0.25) is 4.79 Å². The number of carbonyl (C=O) groups excluding carboxylic acids is 1. The van der Waals surface area contributed by atoms with Crippen molar-refractivity contribution in [3.8, 4) is 10.6 Å². The molecule has 190 valence electrons. The van der Waals surface area contributed by atoms with Crippen LogP contribution in [0, 0.1) is 0 Å². The molecule has 1 aliphatic carbocycles. The lowest BCUT2D eigenvalue weighted by Gasteiger charge is -2.32. The predicted molar refractivity (Wildman–Crippen MR) is 126 cm³/mol. The Balaban J connectivity index is 1.47. The van der Waals surface area contributed by atoms with E-state index in [4.69, 9.17) is 0 Å². The summed E-state index contributed by atoms with van der Waals surface area (Å²) in [6.07, 6.45) is 1.80. The van der Waals surface area contributed by atoms with Crippen LogP contribution in [0.3, 0.4) is 0 Å². The summed E-state index contributed by atoms with van der Waals surface area (Å²) in [4.78, 5) is 24.0. The van der Waals surface area contributed by atoms with Crippen molar-refractivity contribution in [3.05, 3.63) is 28.3 Å². The monoisotopic (exact) mass is 529 g/mol. The highest BCUT2D eigenvalue weighted by atomic mass is 32.2. The van der Waals surface area contributed by atoms with Crippen LogP contribution in [0.4, 0.5) is 19.1 Å². The number of rotatable bonds is 4. The smallest absolute Gasteiger partial charge is 0.351 e. The first-order valence-corrected chi connectivity index (χ1v) is 14.2. The second kappa shape index (κ2) is 8.41. The maximum absolute atomic E-state index is 13.9. The van der Waals surface area contributed by atoms with Crippen LogP contribution in [0.5, 0.6) is 0 Å². The van der Waals surface area contributed by atoms with Crippen LogP contribution in [-0.4, -0.2) is 65.9 Å². The molecule has 1 spiro atoms. The molecule has 5 rings (SSSR count). The average Bonchev–Trinajstić information content (AvgIpc) is 3.49. The van der Waals surface area contributed by atoms with Crippen molar-refractivity contribution in [3.63, 3.8) is 0 Å². The van der Waals surface area contributed by atoms with E-state index in [1.807, 2.05) is 0 Å². The Morgan fingerprint density at radius 1 is 1.20 bits per heavy atom. The van der Waals surface area contributed by atoms with Gasteiger partial charge in [-0.25, -0.2) is 22.7 Å². The maximum Gasteiger partial charge on any atom is 0.420 e. The second-order valence-electron chi connectivity index (χ2n) is 9.49. The molecule has 2 fully saturated rings. The molecule has 13 heteroatoms. The fourth-order valence-corrected chi connectivity index (χ4v) is 7.73. The number of hydrogen-bond donors (Lipinski definition) is 1. The molecule has 4 heterocycles. The molecular formula is C22H26F3N5O3S2. The lowest BCUT2D eigenvalue weighted by molar-refractivity contribution is -0.137. The van der Waals surface area contributed by atoms with E-state index in [1.165, 1.54) is 21.7 Å². The molecule has 0 aromatic carbocycles. The van der Waals surface area contributed by atoms with Gasteiger partial charge in [0.25, 0.3) is 5.91 Å². The van der Waals surface area contributed by atoms with E-state index < -0.39 is 27.3 Å². The van der Waals surface area contributed by atoms with E-state index in [0.29, 0.717) is 36.4 Å². The third kappa shape index (κ3) is 4.20. The zero-order valence-electron chi connectivity index (χ0n) is 19.4. The largest absolute Gasteiger partial charge is 0.420 e. The summed E-state index contributed by atoms with van der Waals surface area (Å²) in [5, 5.41) is 3.07. The molecule has 1 amide bonds. The zero-order chi connectivity index (χ0) is 25.2. The summed E-state index contributed by atoms with van der Waals surface area (Å²) in [6, 6.07) is 1.38. The first-order valence-electron chi connectivity index (χ1n) is 11.5. The van der Waals surface area contributed by atoms with Gasteiger partial charge < -0.3 is 10.2 Å². The number of fused-ring (bicyclic) bond motifs is 2. The van der Waals surface area contributed by atoms with E-state index >= 15 is 0 Å². The van der Waals surface area contributed by atoms with Crippen molar-refractivity contribution in [1.82, 2.24) is 19.2 Å². The van der Waals surface area contributed by atoms with E-state index in [9.17, 15) is 26.4 Å². The fraction of sp³-hybridized carbons (Fsp3) is 0.591. The molecule has 2 aromatic rings. The van der Waals surface area contributed by atoms with Crippen LogP contribution in [0.2, 0.25) is 0 Å². The van der Waals surface area contributed by atoms with Gasteiger partial charge in [0.2, 0.25) is 16.0 Å². The van der Waals surface area contributed by atoms with E-state index in [-0.39, 0.29) is 23.6 Å². The molecule has 8 nitrogen and oxygen atoms in total. The van der Waals surface area contributed by atoms with Crippen LogP contribution in [0.1, 0.15) is 59.3 Å².